The van der Waals surface area contributed by atoms with Gasteiger partial charge in [0.15, 0.2) is 0 Å². The Hall–Kier alpha value is -3.30. The zero-order chi connectivity index (χ0) is 22.7. The quantitative estimate of drug-likeness (QED) is 0.634. The van der Waals surface area contributed by atoms with E-state index in [-0.39, 0.29) is 35.1 Å². The summed E-state index contributed by atoms with van der Waals surface area (Å²) in [7, 11) is -3.80. The molecule has 4 rings (SSSR count). The van der Waals surface area contributed by atoms with Gasteiger partial charge in [-0.05, 0) is 60.7 Å². The first-order valence-electron chi connectivity index (χ1n) is 10.0. The van der Waals surface area contributed by atoms with Crippen molar-refractivity contribution < 1.29 is 22.0 Å². The molecule has 0 atom stereocenters. The van der Waals surface area contributed by atoms with Crippen LogP contribution in [-0.2, 0) is 10.0 Å². The molecule has 1 saturated heterocycles. The maximum Gasteiger partial charge on any atom is 0.255 e. The molecule has 9 heteroatoms. The molecule has 1 N–H and O–H groups in total. The standard InChI is InChI=1S/C23H21F2N3O3S/c24-18-7-9-21(10-8-18)27-11-13-28(14-12-27)32(30,31)22-6-1-3-17(15-22)23(29)26-20-5-2-4-19(25)16-20/h1-10,15-16H,11-14H2,(H,26,29). The fourth-order valence-corrected chi connectivity index (χ4v) is 5.02. The van der Waals surface area contributed by atoms with Crippen LogP contribution < -0.4 is 10.2 Å². The van der Waals surface area contributed by atoms with E-state index >= 15 is 0 Å². The van der Waals surface area contributed by atoms with Crippen LogP contribution >= 0.6 is 0 Å². The molecule has 1 amide bonds. The maximum absolute atomic E-state index is 13.3. The molecule has 1 aliphatic heterocycles. The minimum atomic E-state index is -3.80. The highest BCUT2D eigenvalue weighted by molar-refractivity contribution is 7.89. The van der Waals surface area contributed by atoms with E-state index in [2.05, 4.69) is 5.32 Å². The maximum atomic E-state index is 13.3. The second kappa shape index (κ2) is 9.05. The van der Waals surface area contributed by atoms with E-state index in [0.717, 1.165) is 5.69 Å². The zero-order valence-corrected chi connectivity index (χ0v) is 17.9. The van der Waals surface area contributed by atoms with Gasteiger partial charge in [0.2, 0.25) is 10.0 Å². The van der Waals surface area contributed by atoms with Gasteiger partial charge in [-0.1, -0.05) is 12.1 Å². The SMILES string of the molecule is O=C(Nc1cccc(F)c1)c1cccc(S(=O)(=O)N2CCN(c3ccc(F)cc3)CC2)c1. The molecule has 166 valence electrons. The number of hydrogen-bond acceptors (Lipinski definition) is 4. The molecule has 1 aliphatic rings. The lowest BCUT2D eigenvalue weighted by Gasteiger charge is -2.35. The van der Waals surface area contributed by atoms with Crippen molar-refractivity contribution in [2.45, 2.75) is 4.90 Å². The molecule has 1 heterocycles. The van der Waals surface area contributed by atoms with Gasteiger partial charge in [-0.3, -0.25) is 4.79 Å². The molecule has 0 radical (unpaired) electrons. The Balaban J connectivity index is 1.46. The average molecular weight is 458 g/mol. The molecule has 0 aliphatic carbocycles. The first-order valence-corrected chi connectivity index (χ1v) is 11.4. The van der Waals surface area contributed by atoms with E-state index < -0.39 is 21.7 Å². The smallest absolute Gasteiger partial charge is 0.255 e. The topological polar surface area (TPSA) is 69.7 Å². The molecule has 0 saturated carbocycles. The number of piperazine rings is 1. The van der Waals surface area contributed by atoms with Crippen molar-refractivity contribution in [1.29, 1.82) is 0 Å². The number of nitrogens with zero attached hydrogens (tertiary/aromatic N) is 2. The van der Waals surface area contributed by atoms with Gasteiger partial charge in [0, 0.05) is 43.1 Å². The predicted molar refractivity (Wildman–Crippen MR) is 118 cm³/mol. The van der Waals surface area contributed by atoms with Gasteiger partial charge < -0.3 is 10.2 Å². The Bertz CT molecular complexity index is 1230. The second-order valence-electron chi connectivity index (χ2n) is 7.36. The number of anilines is 2. The summed E-state index contributed by atoms with van der Waals surface area (Å²) in [6, 6.07) is 17.3. The molecule has 0 bridgehead atoms. The summed E-state index contributed by atoms with van der Waals surface area (Å²) in [6.07, 6.45) is 0. The zero-order valence-electron chi connectivity index (χ0n) is 17.0. The highest BCUT2D eigenvalue weighted by Crippen LogP contribution is 2.22. The number of benzene rings is 3. The predicted octanol–water partition coefficient (Wildman–Crippen LogP) is 3.73. The third kappa shape index (κ3) is 4.79. The lowest BCUT2D eigenvalue weighted by atomic mass is 10.2. The summed E-state index contributed by atoms with van der Waals surface area (Å²) in [5, 5.41) is 2.56. The van der Waals surface area contributed by atoms with Crippen molar-refractivity contribution >= 4 is 27.3 Å². The van der Waals surface area contributed by atoms with Gasteiger partial charge in [0.25, 0.3) is 5.91 Å². The van der Waals surface area contributed by atoms with Gasteiger partial charge >= 0.3 is 0 Å². The van der Waals surface area contributed by atoms with E-state index in [4.69, 9.17) is 0 Å². The van der Waals surface area contributed by atoms with Crippen LogP contribution in [-0.4, -0.2) is 44.8 Å². The molecule has 0 unspecified atom stereocenters. The normalized spacial score (nSPS) is 14.9. The largest absolute Gasteiger partial charge is 0.369 e. The van der Waals surface area contributed by atoms with Crippen molar-refractivity contribution in [2.24, 2.45) is 0 Å². The van der Waals surface area contributed by atoms with Gasteiger partial charge in [-0.25, -0.2) is 17.2 Å². The number of sulfonamides is 1. The van der Waals surface area contributed by atoms with Crippen LogP contribution in [0.3, 0.4) is 0 Å². The minimum Gasteiger partial charge on any atom is -0.369 e. The molecule has 6 nitrogen and oxygen atoms in total. The van der Waals surface area contributed by atoms with Crippen molar-refractivity contribution in [3.8, 4) is 0 Å². The van der Waals surface area contributed by atoms with Crippen LogP contribution in [0.25, 0.3) is 0 Å². The Morgan fingerprint density at radius 2 is 1.50 bits per heavy atom. The number of rotatable bonds is 5. The summed E-state index contributed by atoms with van der Waals surface area (Å²) in [5.74, 6) is -1.34. The van der Waals surface area contributed by atoms with Gasteiger partial charge in [0.1, 0.15) is 11.6 Å². The van der Waals surface area contributed by atoms with Crippen molar-refractivity contribution in [1.82, 2.24) is 4.31 Å². The number of amides is 1. The third-order valence-electron chi connectivity index (χ3n) is 5.25. The summed E-state index contributed by atoms with van der Waals surface area (Å²) < 4.78 is 54.1. The monoisotopic (exact) mass is 457 g/mol. The van der Waals surface area contributed by atoms with Gasteiger partial charge in [-0.15, -0.1) is 0 Å². The van der Waals surface area contributed by atoms with Crippen LogP contribution in [0.4, 0.5) is 20.2 Å². The number of halogens is 2. The fraction of sp³-hybridized carbons (Fsp3) is 0.174. The van der Waals surface area contributed by atoms with E-state index in [1.54, 1.807) is 18.2 Å². The van der Waals surface area contributed by atoms with Crippen LogP contribution in [0.5, 0.6) is 0 Å². The second-order valence-corrected chi connectivity index (χ2v) is 9.30. The van der Waals surface area contributed by atoms with Crippen LogP contribution in [0, 0.1) is 11.6 Å². The third-order valence-corrected chi connectivity index (χ3v) is 7.14. The Labute approximate surface area is 185 Å². The Kier molecular flexibility index (Phi) is 6.20. The minimum absolute atomic E-state index is 0.0135. The van der Waals surface area contributed by atoms with Gasteiger partial charge in [-0.2, -0.15) is 4.31 Å². The van der Waals surface area contributed by atoms with Gasteiger partial charge in [0.05, 0.1) is 4.90 Å². The van der Waals surface area contributed by atoms with Crippen LogP contribution in [0.15, 0.2) is 77.7 Å². The summed E-state index contributed by atoms with van der Waals surface area (Å²) in [4.78, 5) is 14.5. The average Bonchev–Trinajstić information content (AvgIpc) is 2.80. The van der Waals surface area contributed by atoms with Crippen LogP contribution in [0.2, 0.25) is 0 Å². The van der Waals surface area contributed by atoms with E-state index in [1.165, 1.54) is 58.9 Å². The van der Waals surface area contributed by atoms with E-state index in [1.807, 2.05) is 4.90 Å². The number of hydrogen-bond donors (Lipinski definition) is 1. The summed E-state index contributed by atoms with van der Waals surface area (Å²) in [6.45, 7) is 1.45. The number of nitrogens with one attached hydrogen (secondary N) is 1. The van der Waals surface area contributed by atoms with E-state index in [9.17, 15) is 22.0 Å². The molecule has 0 spiro atoms. The van der Waals surface area contributed by atoms with E-state index in [0.29, 0.717) is 13.1 Å². The Morgan fingerprint density at radius 3 is 2.19 bits per heavy atom. The Morgan fingerprint density at radius 1 is 0.812 bits per heavy atom. The molecule has 1 fully saturated rings. The molecule has 0 aromatic heterocycles. The first-order chi connectivity index (χ1) is 15.3. The number of carbonyl (C=O) groups is 1. The van der Waals surface area contributed by atoms with Crippen molar-refractivity contribution in [3.05, 3.63) is 90.0 Å². The molecular formula is C23H21F2N3O3S. The first kappa shape index (κ1) is 21.9. The lowest BCUT2D eigenvalue weighted by Crippen LogP contribution is -2.48. The highest BCUT2D eigenvalue weighted by Gasteiger charge is 2.29. The molecule has 32 heavy (non-hydrogen) atoms. The highest BCUT2D eigenvalue weighted by atomic mass is 32.2. The molecule has 3 aromatic rings. The lowest BCUT2D eigenvalue weighted by molar-refractivity contribution is 0.102. The summed E-state index contributed by atoms with van der Waals surface area (Å²) in [5.41, 5.74) is 1.26. The fourth-order valence-electron chi connectivity index (χ4n) is 3.55. The van der Waals surface area contributed by atoms with Crippen molar-refractivity contribution in [3.63, 3.8) is 0 Å². The van der Waals surface area contributed by atoms with Crippen molar-refractivity contribution in [2.75, 3.05) is 36.4 Å². The summed E-state index contributed by atoms with van der Waals surface area (Å²) >= 11 is 0. The number of carbonyl (C=O) groups excluding carboxylic acids is 1. The molecule has 3 aromatic carbocycles. The van der Waals surface area contributed by atoms with Crippen LogP contribution in [0.1, 0.15) is 10.4 Å². The molecular weight excluding hydrogens is 436 g/mol.